The molecule has 0 unspecified atom stereocenters. The monoisotopic (exact) mass is 290 g/mol. The molecule has 0 atom stereocenters. The molecule has 1 amide bonds. The number of carboxylic acids is 1. The van der Waals surface area contributed by atoms with E-state index in [0.717, 1.165) is 12.6 Å². The van der Waals surface area contributed by atoms with Crippen molar-refractivity contribution in [1.29, 1.82) is 0 Å². The van der Waals surface area contributed by atoms with Gasteiger partial charge in [0.1, 0.15) is 7.05 Å². The van der Waals surface area contributed by atoms with Gasteiger partial charge in [0.05, 0.1) is 5.41 Å². The number of carbonyl (C=O) groups is 2. The van der Waals surface area contributed by atoms with Gasteiger partial charge in [-0.05, 0) is 32.9 Å². The minimum atomic E-state index is -1.08. The van der Waals surface area contributed by atoms with Crippen molar-refractivity contribution in [2.75, 3.05) is 12.4 Å². The minimum Gasteiger partial charge on any atom is -0.550 e. The first-order valence-electron chi connectivity index (χ1n) is 6.74. The van der Waals surface area contributed by atoms with Crippen LogP contribution in [0.3, 0.4) is 0 Å². The highest BCUT2D eigenvalue weighted by atomic mass is 16.4. The highest BCUT2D eigenvalue weighted by Crippen LogP contribution is 2.40. The molecule has 0 fully saturated rings. The van der Waals surface area contributed by atoms with Crippen LogP contribution in [0.15, 0.2) is 18.2 Å². The molecule has 21 heavy (non-hydrogen) atoms. The molecule has 1 aliphatic rings. The molecule has 5 nitrogen and oxygen atoms in total. The summed E-state index contributed by atoms with van der Waals surface area (Å²) in [4.78, 5) is 20.0. The second kappa shape index (κ2) is 6.08. The molecule has 0 aromatic heterocycles. The van der Waals surface area contributed by atoms with Crippen molar-refractivity contribution < 1.29 is 19.3 Å². The fraction of sp³-hybridized carbons (Fsp3) is 0.438. The van der Waals surface area contributed by atoms with E-state index in [1.165, 1.54) is 23.9 Å². The zero-order chi connectivity index (χ0) is 16.4. The average molecular weight is 290 g/mol. The number of hydrogen-bond acceptors (Lipinski definition) is 3. The van der Waals surface area contributed by atoms with Crippen LogP contribution in [0.1, 0.15) is 40.2 Å². The van der Waals surface area contributed by atoms with E-state index in [0.29, 0.717) is 0 Å². The summed E-state index contributed by atoms with van der Waals surface area (Å²) in [5.74, 6) is -1.12. The van der Waals surface area contributed by atoms with Crippen LogP contribution in [-0.4, -0.2) is 29.2 Å². The van der Waals surface area contributed by atoms with E-state index in [-0.39, 0.29) is 11.3 Å². The fourth-order valence-electron chi connectivity index (χ4n) is 2.40. The van der Waals surface area contributed by atoms with Crippen molar-refractivity contribution in [1.82, 2.24) is 0 Å². The van der Waals surface area contributed by atoms with Gasteiger partial charge >= 0.3 is 0 Å². The molecule has 1 N–H and O–H groups in total. The smallest absolute Gasteiger partial charge is 0.221 e. The van der Waals surface area contributed by atoms with Gasteiger partial charge in [0.2, 0.25) is 11.6 Å². The molecule has 5 heteroatoms. The molecule has 0 radical (unpaired) electrons. The first kappa shape index (κ1) is 16.9. The van der Waals surface area contributed by atoms with Gasteiger partial charge in [-0.25, -0.2) is 4.58 Å². The van der Waals surface area contributed by atoms with Crippen molar-refractivity contribution >= 4 is 29.0 Å². The van der Waals surface area contributed by atoms with Gasteiger partial charge in [-0.15, -0.1) is 0 Å². The summed E-state index contributed by atoms with van der Waals surface area (Å²) in [6.45, 7) is 9.07. The largest absolute Gasteiger partial charge is 0.550 e. The predicted octanol–water partition coefficient (Wildman–Crippen LogP) is 1.43. The van der Waals surface area contributed by atoms with E-state index in [2.05, 4.69) is 49.8 Å². The van der Waals surface area contributed by atoms with Gasteiger partial charge in [0.15, 0.2) is 5.71 Å². The zero-order valence-electron chi connectivity index (χ0n) is 13.4. The van der Waals surface area contributed by atoms with Crippen LogP contribution in [-0.2, 0) is 15.0 Å². The molecule has 0 bridgehead atoms. The number of rotatable bonds is 1. The Labute approximate surface area is 125 Å². The Hall–Kier alpha value is -2.17. The molecule has 1 heterocycles. The van der Waals surface area contributed by atoms with E-state index in [4.69, 9.17) is 9.90 Å². The summed E-state index contributed by atoms with van der Waals surface area (Å²) in [6, 6.07) is 6.09. The van der Waals surface area contributed by atoms with Gasteiger partial charge in [-0.1, -0.05) is 0 Å². The highest BCUT2D eigenvalue weighted by molar-refractivity contribution is 5.95. The molecular weight excluding hydrogens is 268 g/mol. The minimum absolute atomic E-state index is 0.0264. The molecule has 1 aromatic rings. The van der Waals surface area contributed by atoms with Crippen LogP contribution in [0.4, 0.5) is 11.4 Å². The Morgan fingerprint density at radius 1 is 1.24 bits per heavy atom. The molecule has 0 aliphatic carbocycles. The van der Waals surface area contributed by atoms with Crippen LogP contribution in [0.25, 0.3) is 0 Å². The molecule has 1 aliphatic heterocycles. The topological polar surface area (TPSA) is 72.2 Å². The Balaban J connectivity index is 0.000000491. The fourth-order valence-corrected chi connectivity index (χ4v) is 2.40. The number of nitrogens with zero attached hydrogens (tertiary/aromatic N) is 1. The number of benzene rings is 1. The Bertz CT molecular complexity index is 612. The maximum absolute atomic E-state index is 11.1. The second-order valence-electron chi connectivity index (χ2n) is 5.67. The van der Waals surface area contributed by atoms with E-state index < -0.39 is 5.97 Å². The zero-order valence-corrected chi connectivity index (χ0v) is 13.4. The summed E-state index contributed by atoms with van der Waals surface area (Å²) >= 11 is 0. The number of amides is 1. The molecule has 1 aromatic carbocycles. The third-order valence-corrected chi connectivity index (χ3v) is 3.76. The van der Waals surface area contributed by atoms with Crippen molar-refractivity contribution in [3.63, 3.8) is 0 Å². The number of fused-ring (bicyclic) bond motifs is 1. The number of aliphatic carboxylic acids is 1. The van der Waals surface area contributed by atoms with Gasteiger partial charge < -0.3 is 15.2 Å². The van der Waals surface area contributed by atoms with E-state index in [1.807, 2.05) is 6.07 Å². The van der Waals surface area contributed by atoms with Crippen molar-refractivity contribution in [2.24, 2.45) is 0 Å². The average Bonchev–Trinajstić information content (AvgIpc) is 2.50. The van der Waals surface area contributed by atoms with Gasteiger partial charge in [-0.3, -0.25) is 4.79 Å². The highest BCUT2D eigenvalue weighted by Gasteiger charge is 2.41. The maximum Gasteiger partial charge on any atom is 0.221 e. The summed E-state index contributed by atoms with van der Waals surface area (Å²) < 4.78 is 2.22. The normalized spacial score (nSPS) is 15.0. The third-order valence-electron chi connectivity index (χ3n) is 3.76. The Morgan fingerprint density at radius 2 is 1.76 bits per heavy atom. The summed E-state index contributed by atoms with van der Waals surface area (Å²) in [6.07, 6.45) is 0. The SMILES string of the molecule is CC(=O)Nc1ccc2c(c1)C(C)(C)C(C)=[N+]2C.CC(=O)[O-]. The number of carbonyl (C=O) groups excluding carboxylic acids is 2. The van der Waals surface area contributed by atoms with Gasteiger partial charge in [0, 0.05) is 37.1 Å². The molecule has 0 saturated carbocycles. The number of carboxylic acid groups (broad SMARTS) is 1. The van der Waals surface area contributed by atoms with Crippen LogP contribution in [0.5, 0.6) is 0 Å². The lowest BCUT2D eigenvalue weighted by Gasteiger charge is -2.15. The van der Waals surface area contributed by atoms with Gasteiger partial charge in [-0.2, -0.15) is 0 Å². The number of hydrogen-bond donors (Lipinski definition) is 1. The molecule has 2 rings (SSSR count). The molecule has 114 valence electrons. The summed E-state index contributed by atoms with van der Waals surface area (Å²) in [5.41, 5.74) is 4.71. The second-order valence-corrected chi connectivity index (χ2v) is 5.67. The summed E-state index contributed by atoms with van der Waals surface area (Å²) in [7, 11) is 2.08. The first-order valence-corrected chi connectivity index (χ1v) is 6.74. The van der Waals surface area contributed by atoms with Crippen LogP contribution in [0, 0.1) is 0 Å². The van der Waals surface area contributed by atoms with Crippen molar-refractivity contribution in [2.45, 2.75) is 40.0 Å². The maximum atomic E-state index is 11.1. The van der Waals surface area contributed by atoms with E-state index in [9.17, 15) is 4.79 Å². The Kier molecular flexibility index (Phi) is 4.88. The van der Waals surface area contributed by atoms with Crippen LogP contribution < -0.4 is 10.4 Å². The first-order chi connectivity index (χ1) is 9.57. The number of anilines is 1. The van der Waals surface area contributed by atoms with Crippen LogP contribution >= 0.6 is 0 Å². The van der Waals surface area contributed by atoms with Crippen LogP contribution in [0.2, 0.25) is 0 Å². The standard InChI is InChI=1S/C14H18N2O.C2H4O2/c1-9-14(3,4)12-8-11(15-10(2)17)6-7-13(12)16(9)5;1-2(3)4/h6-8H,1-5H3;1H3,(H,3,4). The lowest BCUT2D eigenvalue weighted by molar-refractivity contribution is -0.403. The van der Waals surface area contributed by atoms with Gasteiger partial charge in [0.25, 0.3) is 0 Å². The molecule has 0 spiro atoms. The molecule has 0 saturated heterocycles. The Morgan fingerprint density at radius 3 is 2.24 bits per heavy atom. The molecular formula is C16H22N2O3. The third kappa shape index (κ3) is 3.68. The lowest BCUT2D eigenvalue weighted by atomic mass is 9.82. The predicted molar refractivity (Wildman–Crippen MR) is 81.0 cm³/mol. The summed E-state index contributed by atoms with van der Waals surface area (Å²) in [5, 5.41) is 11.7. The quantitative estimate of drug-likeness (QED) is 0.795. The van der Waals surface area contributed by atoms with E-state index >= 15 is 0 Å². The van der Waals surface area contributed by atoms with E-state index in [1.54, 1.807) is 0 Å². The lowest BCUT2D eigenvalue weighted by Crippen LogP contribution is -2.25. The number of nitrogens with one attached hydrogen (secondary N) is 1. The van der Waals surface area contributed by atoms with Crippen molar-refractivity contribution in [3.05, 3.63) is 23.8 Å². The van der Waals surface area contributed by atoms with Crippen molar-refractivity contribution in [3.8, 4) is 0 Å².